The molecule has 0 radical (unpaired) electrons. The average Bonchev–Trinajstić information content (AvgIpc) is 3.00. The molecule has 0 spiro atoms. The number of carbonyl (C=O) groups is 1. The van der Waals surface area contributed by atoms with E-state index in [2.05, 4.69) is 10.4 Å². The highest BCUT2D eigenvalue weighted by atomic mass is 35.5. The number of amides is 1. The zero-order valence-corrected chi connectivity index (χ0v) is 12.6. The molecule has 1 heterocycles. The Bertz CT molecular complexity index is 605. The number of hydrogen-bond acceptors (Lipinski definition) is 3. The van der Waals surface area contributed by atoms with Crippen LogP contribution in [0, 0.1) is 0 Å². The van der Waals surface area contributed by atoms with Crippen LogP contribution in [-0.2, 0) is 4.79 Å². The van der Waals surface area contributed by atoms with E-state index in [1.807, 2.05) is 43.5 Å². The minimum absolute atomic E-state index is 0. The van der Waals surface area contributed by atoms with Gasteiger partial charge in [0.05, 0.1) is 17.3 Å². The quantitative estimate of drug-likeness (QED) is 0.907. The standard InChI is InChI=1S/C15H18N4O.ClH/c1-11(18-14(20)15(16)7-8-15)12-3-5-13(6-4-12)19-10-2-9-17-19;/h2-6,9-11H,7-8,16H2,1H3,(H,18,20);1H. The van der Waals surface area contributed by atoms with Gasteiger partial charge in [-0.1, -0.05) is 12.1 Å². The molecule has 0 saturated heterocycles. The third kappa shape index (κ3) is 3.25. The van der Waals surface area contributed by atoms with Crippen molar-refractivity contribution in [1.82, 2.24) is 15.1 Å². The molecule has 1 aliphatic rings. The highest BCUT2D eigenvalue weighted by Crippen LogP contribution is 2.32. The fourth-order valence-electron chi connectivity index (χ4n) is 2.12. The molecule has 1 aromatic carbocycles. The topological polar surface area (TPSA) is 72.9 Å². The summed E-state index contributed by atoms with van der Waals surface area (Å²) in [6, 6.07) is 9.80. The molecule has 0 bridgehead atoms. The molecule has 2 aromatic rings. The Labute approximate surface area is 129 Å². The Hall–Kier alpha value is -1.85. The van der Waals surface area contributed by atoms with Gasteiger partial charge in [0, 0.05) is 12.4 Å². The second-order valence-corrected chi connectivity index (χ2v) is 5.39. The predicted octanol–water partition coefficient (Wildman–Crippen LogP) is 1.96. The summed E-state index contributed by atoms with van der Waals surface area (Å²) < 4.78 is 1.80. The van der Waals surface area contributed by atoms with Crippen molar-refractivity contribution in [3.05, 3.63) is 48.3 Å². The first-order chi connectivity index (χ1) is 9.58. The smallest absolute Gasteiger partial charge is 0.240 e. The van der Waals surface area contributed by atoms with Crippen molar-refractivity contribution in [3.63, 3.8) is 0 Å². The lowest BCUT2D eigenvalue weighted by Gasteiger charge is -2.17. The molecule has 0 aliphatic heterocycles. The highest BCUT2D eigenvalue weighted by molar-refractivity contribution is 5.89. The van der Waals surface area contributed by atoms with E-state index >= 15 is 0 Å². The van der Waals surface area contributed by atoms with Crippen LogP contribution in [0.4, 0.5) is 0 Å². The number of nitrogens with two attached hydrogens (primary N) is 1. The minimum Gasteiger partial charge on any atom is -0.348 e. The Balaban J connectivity index is 0.00000161. The monoisotopic (exact) mass is 306 g/mol. The molecule has 1 fully saturated rings. The maximum atomic E-state index is 11.9. The van der Waals surface area contributed by atoms with Crippen molar-refractivity contribution >= 4 is 18.3 Å². The van der Waals surface area contributed by atoms with Crippen LogP contribution in [0.2, 0.25) is 0 Å². The van der Waals surface area contributed by atoms with E-state index in [0.29, 0.717) is 0 Å². The molecule has 1 aromatic heterocycles. The third-order valence-electron chi connectivity index (χ3n) is 3.75. The normalized spacial score (nSPS) is 16.7. The van der Waals surface area contributed by atoms with Crippen LogP contribution >= 0.6 is 12.4 Å². The average molecular weight is 307 g/mol. The van der Waals surface area contributed by atoms with Gasteiger partial charge in [-0.15, -0.1) is 12.4 Å². The first kappa shape index (κ1) is 15.5. The number of benzene rings is 1. The molecule has 5 nitrogen and oxygen atoms in total. The van der Waals surface area contributed by atoms with Crippen molar-refractivity contribution in [2.75, 3.05) is 0 Å². The van der Waals surface area contributed by atoms with Gasteiger partial charge in [-0.05, 0) is 43.5 Å². The fraction of sp³-hybridized carbons (Fsp3) is 0.333. The second kappa shape index (κ2) is 5.87. The lowest BCUT2D eigenvalue weighted by atomic mass is 10.1. The second-order valence-electron chi connectivity index (χ2n) is 5.39. The fourth-order valence-corrected chi connectivity index (χ4v) is 2.12. The number of aromatic nitrogens is 2. The van der Waals surface area contributed by atoms with Crippen LogP contribution in [0.1, 0.15) is 31.4 Å². The van der Waals surface area contributed by atoms with Gasteiger partial charge in [-0.25, -0.2) is 4.68 Å². The summed E-state index contributed by atoms with van der Waals surface area (Å²) in [7, 11) is 0. The van der Waals surface area contributed by atoms with Crippen LogP contribution in [0.3, 0.4) is 0 Å². The van der Waals surface area contributed by atoms with E-state index < -0.39 is 5.54 Å². The molecule has 6 heteroatoms. The number of hydrogen-bond donors (Lipinski definition) is 2. The molecule has 1 amide bonds. The van der Waals surface area contributed by atoms with Gasteiger partial charge in [0.1, 0.15) is 0 Å². The SMILES string of the molecule is CC(NC(=O)C1(N)CC1)c1ccc(-n2cccn2)cc1.Cl. The number of halogens is 1. The largest absolute Gasteiger partial charge is 0.348 e. The highest BCUT2D eigenvalue weighted by Gasteiger charge is 2.46. The van der Waals surface area contributed by atoms with Gasteiger partial charge in [-0.3, -0.25) is 4.79 Å². The number of nitrogens with one attached hydrogen (secondary N) is 1. The third-order valence-corrected chi connectivity index (χ3v) is 3.75. The lowest BCUT2D eigenvalue weighted by molar-refractivity contribution is -0.123. The van der Waals surface area contributed by atoms with Crippen molar-refractivity contribution in [1.29, 1.82) is 0 Å². The zero-order chi connectivity index (χ0) is 14.2. The molecule has 112 valence electrons. The van der Waals surface area contributed by atoms with E-state index in [1.165, 1.54) is 0 Å². The summed E-state index contributed by atoms with van der Waals surface area (Å²) in [5.74, 6) is -0.0545. The molecule has 1 unspecified atom stereocenters. The van der Waals surface area contributed by atoms with Crippen LogP contribution in [0.15, 0.2) is 42.7 Å². The number of carbonyl (C=O) groups excluding carboxylic acids is 1. The van der Waals surface area contributed by atoms with Gasteiger partial charge in [0.25, 0.3) is 0 Å². The van der Waals surface area contributed by atoms with E-state index in [0.717, 1.165) is 24.1 Å². The molecule has 1 saturated carbocycles. The predicted molar refractivity (Wildman–Crippen MR) is 83.5 cm³/mol. The van der Waals surface area contributed by atoms with Gasteiger partial charge in [0.2, 0.25) is 5.91 Å². The number of nitrogens with zero attached hydrogens (tertiary/aromatic N) is 2. The molecular weight excluding hydrogens is 288 g/mol. The van der Waals surface area contributed by atoms with Crippen LogP contribution < -0.4 is 11.1 Å². The Kier molecular flexibility index (Phi) is 4.34. The van der Waals surface area contributed by atoms with E-state index in [-0.39, 0.29) is 24.4 Å². The molecule has 1 aliphatic carbocycles. The summed E-state index contributed by atoms with van der Waals surface area (Å²) in [6.45, 7) is 1.96. The van der Waals surface area contributed by atoms with E-state index in [1.54, 1.807) is 10.9 Å². The molecular formula is C15H19ClN4O. The Morgan fingerprint density at radius 1 is 1.38 bits per heavy atom. The lowest BCUT2D eigenvalue weighted by Crippen LogP contribution is -2.43. The molecule has 1 atom stereocenters. The van der Waals surface area contributed by atoms with Crippen molar-refractivity contribution in [3.8, 4) is 5.69 Å². The van der Waals surface area contributed by atoms with Crippen LogP contribution in [0.5, 0.6) is 0 Å². The summed E-state index contributed by atoms with van der Waals surface area (Å²) in [6.07, 6.45) is 5.20. The summed E-state index contributed by atoms with van der Waals surface area (Å²) in [5.41, 5.74) is 7.31. The molecule has 21 heavy (non-hydrogen) atoms. The van der Waals surface area contributed by atoms with Crippen molar-refractivity contribution in [2.24, 2.45) is 5.73 Å². The van der Waals surface area contributed by atoms with Gasteiger partial charge < -0.3 is 11.1 Å². The van der Waals surface area contributed by atoms with Gasteiger partial charge >= 0.3 is 0 Å². The van der Waals surface area contributed by atoms with Crippen molar-refractivity contribution < 1.29 is 4.79 Å². The van der Waals surface area contributed by atoms with Crippen molar-refractivity contribution in [2.45, 2.75) is 31.3 Å². The van der Waals surface area contributed by atoms with Crippen LogP contribution in [-0.4, -0.2) is 21.2 Å². The minimum atomic E-state index is -0.622. The van der Waals surface area contributed by atoms with Gasteiger partial charge in [0.15, 0.2) is 0 Å². The van der Waals surface area contributed by atoms with E-state index in [4.69, 9.17) is 5.73 Å². The Morgan fingerprint density at radius 2 is 2.05 bits per heavy atom. The first-order valence-corrected chi connectivity index (χ1v) is 6.78. The van der Waals surface area contributed by atoms with Gasteiger partial charge in [-0.2, -0.15) is 5.10 Å². The zero-order valence-electron chi connectivity index (χ0n) is 11.8. The summed E-state index contributed by atoms with van der Waals surface area (Å²) in [5, 5.41) is 7.15. The Morgan fingerprint density at radius 3 is 2.57 bits per heavy atom. The first-order valence-electron chi connectivity index (χ1n) is 6.78. The summed E-state index contributed by atoms with van der Waals surface area (Å²) >= 11 is 0. The molecule has 3 rings (SSSR count). The maximum absolute atomic E-state index is 11.9. The molecule has 3 N–H and O–H groups in total. The summed E-state index contributed by atoms with van der Waals surface area (Å²) in [4.78, 5) is 11.9. The maximum Gasteiger partial charge on any atom is 0.240 e. The van der Waals surface area contributed by atoms with E-state index in [9.17, 15) is 4.79 Å². The van der Waals surface area contributed by atoms with Crippen LogP contribution in [0.25, 0.3) is 5.69 Å². The number of rotatable bonds is 4.